The molecule has 7 heteroatoms. The third-order valence-electron chi connectivity index (χ3n) is 0.206. The highest BCUT2D eigenvalue weighted by molar-refractivity contribution is 7.38. The Kier molecular flexibility index (Phi) is 5.42. The van der Waals surface area contributed by atoms with Crippen LogP contribution < -0.4 is 0 Å². The Labute approximate surface area is 63.7 Å². The number of rotatable bonds is 2. The van der Waals surface area contributed by atoms with E-state index >= 15 is 0 Å². The molecule has 0 aliphatic rings. The molecule has 0 saturated carbocycles. The molecule has 0 heterocycles. The summed E-state index contributed by atoms with van der Waals surface area (Å²) >= 11 is 20.9. The molecule has 0 amide bonds. The fraction of sp³-hybridized carbons (Fsp3) is 0. The minimum atomic E-state index is -1.99. The van der Waals surface area contributed by atoms with Crippen LogP contribution in [0.4, 0.5) is 0 Å². The van der Waals surface area contributed by atoms with Crippen molar-refractivity contribution in [3.8, 4) is 0 Å². The molecule has 0 aromatic heterocycles. The van der Waals surface area contributed by atoms with Gasteiger partial charge in [0.2, 0.25) is 0 Å². The van der Waals surface area contributed by atoms with E-state index in [2.05, 4.69) is 4.12 Å². The molecule has 0 aliphatic carbocycles. The van der Waals surface area contributed by atoms with Crippen molar-refractivity contribution in [2.75, 3.05) is 0 Å². The van der Waals surface area contributed by atoms with Gasteiger partial charge in [-0.15, -0.1) is 44.3 Å². The van der Waals surface area contributed by atoms with Gasteiger partial charge in [-0.25, -0.2) is 0 Å². The average Bonchev–Trinajstić information content (AvgIpc) is 1.27. The second-order valence-electron chi connectivity index (χ2n) is 0.657. The molecule has 0 saturated heterocycles. The lowest BCUT2D eigenvalue weighted by Crippen LogP contribution is -2.09. The zero-order chi connectivity index (χ0) is 5.86. The molecule has 0 N–H and O–H groups in total. The first kappa shape index (κ1) is 8.55. The van der Waals surface area contributed by atoms with Crippen molar-refractivity contribution < 1.29 is 4.12 Å². The molecule has 0 atom stereocenters. The smallest absolute Gasteiger partial charge is 0.364 e. The summed E-state index contributed by atoms with van der Waals surface area (Å²) in [4.78, 5) is 0. The van der Waals surface area contributed by atoms with Crippen LogP contribution in [0, 0.1) is 0 Å². The first-order chi connectivity index (χ1) is 3.13. The van der Waals surface area contributed by atoms with E-state index in [0.29, 0.717) is 0 Å². The maximum Gasteiger partial charge on any atom is 0.364 e. The van der Waals surface area contributed by atoms with Gasteiger partial charge in [0.15, 0.2) is 0 Å². The van der Waals surface area contributed by atoms with E-state index in [1.165, 1.54) is 0 Å². The Hall–Kier alpha value is 1.55. The minimum absolute atomic E-state index is 1.99. The first-order valence-electron chi connectivity index (χ1n) is 1.34. The molecule has 0 rings (SSSR count). The molecule has 0 aromatic carbocycles. The summed E-state index contributed by atoms with van der Waals surface area (Å²) in [5.74, 6) is 0. The van der Waals surface area contributed by atoms with Gasteiger partial charge < -0.3 is 4.12 Å². The van der Waals surface area contributed by atoms with E-state index in [1.807, 2.05) is 0 Å². The SMILES string of the molecule is Cl[SiH](Cl)O[SiH](Cl)Cl. The Morgan fingerprint density at radius 3 is 1.14 bits per heavy atom. The van der Waals surface area contributed by atoms with Gasteiger partial charge in [0.25, 0.3) is 0 Å². The molecular formula is H2Cl4OSi2. The van der Waals surface area contributed by atoms with Crippen molar-refractivity contribution in [1.82, 2.24) is 0 Å². The normalized spacial score (nSPS) is 11.1. The molecule has 0 radical (unpaired) electrons. The quantitative estimate of drug-likeness (QED) is 0.500. The lowest BCUT2D eigenvalue weighted by Gasteiger charge is -1.98. The van der Waals surface area contributed by atoms with E-state index in [9.17, 15) is 0 Å². The summed E-state index contributed by atoms with van der Waals surface area (Å²) in [5, 5.41) is 0. The predicted molar refractivity (Wildman–Crippen MR) is 38.8 cm³/mol. The van der Waals surface area contributed by atoms with Gasteiger partial charge in [-0.3, -0.25) is 0 Å². The van der Waals surface area contributed by atoms with E-state index in [1.54, 1.807) is 0 Å². The van der Waals surface area contributed by atoms with E-state index < -0.39 is 15.3 Å². The summed E-state index contributed by atoms with van der Waals surface area (Å²) in [5.41, 5.74) is 0. The van der Waals surface area contributed by atoms with Crippen LogP contribution >= 0.6 is 44.3 Å². The second kappa shape index (κ2) is 4.43. The molecule has 0 unspecified atom stereocenters. The van der Waals surface area contributed by atoms with Crippen LogP contribution in [-0.4, -0.2) is 15.3 Å². The lowest BCUT2D eigenvalue weighted by atomic mass is 15.8. The minimum Gasteiger partial charge on any atom is -0.415 e. The molecule has 7 heavy (non-hydrogen) atoms. The van der Waals surface area contributed by atoms with Crippen LogP contribution in [0.2, 0.25) is 0 Å². The second-order valence-corrected chi connectivity index (χ2v) is 8.89. The predicted octanol–water partition coefficient (Wildman–Crippen LogP) is 1.39. The maximum absolute atomic E-state index is 5.22. The number of halogens is 4. The summed E-state index contributed by atoms with van der Waals surface area (Å²) in [6.07, 6.45) is 0. The van der Waals surface area contributed by atoms with Gasteiger partial charge in [-0.2, -0.15) is 0 Å². The van der Waals surface area contributed by atoms with Crippen LogP contribution in [0.1, 0.15) is 0 Å². The Morgan fingerprint density at radius 1 is 0.857 bits per heavy atom. The van der Waals surface area contributed by atoms with Crippen molar-refractivity contribution in [1.29, 1.82) is 0 Å². The molecular weight excluding hydrogens is 214 g/mol. The zero-order valence-corrected chi connectivity index (χ0v) is 8.41. The van der Waals surface area contributed by atoms with Gasteiger partial charge in [0, 0.05) is 0 Å². The van der Waals surface area contributed by atoms with E-state index in [0.717, 1.165) is 0 Å². The van der Waals surface area contributed by atoms with Gasteiger partial charge >= 0.3 is 15.3 Å². The Balaban J connectivity index is 2.95. The van der Waals surface area contributed by atoms with Crippen molar-refractivity contribution in [3.05, 3.63) is 0 Å². The summed E-state index contributed by atoms with van der Waals surface area (Å²) in [7, 11) is -3.97. The molecule has 0 fully saturated rings. The van der Waals surface area contributed by atoms with Crippen LogP contribution in [-0.2, 0) is 4.12 Å². The van der Waals surface area contributed by atoms with Crippen molar-refractivity contribution >= 4 is 59.6 Å². The van der Waals surface area contributed by atoms with Crippen molar-refractivity contribution in [3.63, 3.8) is 0 Å². The van der Waals surface area contributed by atoms with Crippen LogP contribution in [0.3, 0.4) is 0 Å². The largest absolute Gasteiger partial charge is 0.415 e. The van der Waals surface area contributed by atoms with Gasteiger partial charge in [0.05, 0.1) is 0 Å². The molecule has 0 bridgehead atoms. The molecule has 0 aromatic rings. The Morgan fingerprint density at radius 2 is 1.14 bits per heavy atom. The van der Waals surface area contributed by atoms with Gasteiger partial charge in [-0.05, 0) is 0 Å². The molecule has 0 spiro atoms. The molecule has 44 valence electrons. The Bertz CT molecular complexity index is 39.0. The van der Waals surface area contributed by atoms with E-state index in [-0.39, 0.29) is 0 Å². The monoisotopic (exact) mass is 214 g/mol. The lowest BCUT2D eigenvalue weighted by molar-refractivity contribution is 0.661. The molecule has 1 nitrogen and oxygen atoms in total. The number of hydrogen-bond donors (Lipinski definition) is 0. The van der Waals surface area contributed by atoms with Crippen molar-refractivity contribution in [2.24, 2.45) is 0 Å². The number of hydrogen-bond acceptors (Lipinski definition) is 1. The topological polar surface area (TPSA) is 9.23 Å². The van der Waals surface area contributed by atoms with Gasteiger partial charge in [-0.1, -0.05) is 0 Å². The highest BCUT2D eigenvalue weighted by Crippen LogP contribution is 2.05. The third-order valence-corrected chi connectivity index (χ3v) is 5.55. The first-order valence-corrected chi connectivity index (χ1v) is 9.27. The third kappa shape index (κ3) is 7.55. The molecule has 0 aliphatic heterocycles. The zero-order valence-electron chi connectivity index (χ0n) is 3.07. The highest BCUT2D eigenvalue weighted by atomic mass is 35.7. The summed E-state index contributed by atoms with van der Waals surface area (Å²) in [6, 6.07) is 0. The van der Waals surface area contributed by atoms with Crippen LogP contribution in [0.25, 0.3) is 0 Å². The van der Waals surface area contributed by atoms with Crippen LogP contribution in [0.5, 0.6) is 0 Å². The van der Waals surface area contributed by atoms with E-state index in [4.69, 9.17) is 44.3 Å². The standard InChI is InChI=1S/Cl4H2OSi2/c1-6(2)5-7(3)4/h6-7H. The average molecular weight is 216 g/mol. The fourth-order valence-electron chi connectivity index (χ4n) is 0.0778. The van der Waals surface area contributed by atoms with Crippen molar-refractivity contribution in [2.45, 2.75) is 0 Å². The summed E-state index contributed by atoms with van der Waals surface area (Å²) < 4.78 is 4.59. The highest BCUT2D eigenvalue weighted by Gasteiger charge is 2.08. The van der Waals surface area contributed by atoms with Crippen LogP contribution in [0.15, 0.2) is 0 Å². The van der Waals surface area contributed by atoms with Gasteiger partial charge in [0.1, 0.15) is 0 Å². The maximum atomic E-state index is 5.22. The summed E-state index contributed by atoms with van der Waals surface area (Å²) in [6.45, 7) is 0. The fourth-order valence-corrected chi connectivity index (χ4v) is 6.30.